The van der Waals surface area contributed by atoms with Gasteiger partial charge in [0.2, 0.25) is 0 Å². The van der Waals surface area contributed by atoms with Crippen LogP contribution in [0, 0.1) is 5.82 Å². The van der Waals surface area contributed by atoms with Crippen molar-refractivity contribution in [2.75, 3.05) is 11.5 Å². The van der Waals surface area contributed by atoms with Crippen molar-refractivity contribution in [3.63, 3.8) is 0 Å². The molecule has 0 saturated heterocycles. The number of halogens is 1. The van der Waals surface area contributed by atoms with Gasteiger partial charge in [-0.1, -0.05) is 13.3 Å². The summed E-state index contributed by atoms with van der Waals surface area (Å²) in [5, 5.41) is 0. The van der Waals surface area contributed by atoms with Crippen molar-refractivity contribution >= 4 is 15.5 Å². The molecule has 0 aliphatic rings. The Morgan fingerprint density at radius 2 is 2.00 bits per heavy atom. The van der Waals surface area contributed by atoms with Crippen LogP contribution in [0.1, 0.15) is 25.3 Å². The third kappa shape index (κ3) is 4.18. The van der Waals surface area contributed by atoms with Gasteiger partial charge in [0, 0.05) is 5.69 Å². The van der Waals surface area contributed by atoms with Gasteiger partial charge in [-0.2, -0.15) is 0 Å². The Hall–Kier alpha value is -1.10. The van der Waals surface area contributed by atoms with E-state index in [1.54, 1.807) is 0 Å². The lowest BCUT2D eigenvalue weighted by atomic mass is 10.2. The lowest BCUT2D eigenvalue weighted by molar-refractivity contribution is 0.591. The molecule has 0 spiro atoms. The number of hydrogen-bond acceptors (Lipinski definition) is 3. The lowest BCUT2D eigenvalue weighted by Crippen LogP contribution is -2.09. The summed E-state index contributed by atoms with van der Waals surface area (Å²) in [5.74, 6) is -0.504. The average Bonchev–Trinajstić information content (AvgIpc) is 2.12. The van der Waals surface area contributed by atoms with Crippen molar-refractivity contribution in [3.8, 4) is 0 Å². The molecule has 1 rings (SSSR count). The predicted molar refractivity (Wildman–Crippen MR) is 63.2 cm³/mol. The molecule has 0 amide bonds. The number of nitrogens with two attached hydrogens (primary N) is 1. The van der Waals surface area contributed by atoms with Crippen molar-refractivity contribution < 1.29 is 12.8 Å². The highest BCUT2D eigenvalue weighted by Gasteiger charge is 2.12. The van der Waals surface area contributed by atoms with Gasteiger partial charge in [0.25, 0.3) is 0 Å². The van der Waals surface area contributed by atoms with Gasteiger partial charge in [0.05, 0.1) is 11.5 Å². The van der Waals surface area contributed by atoms with E-state index in [0.29, 0.717) is 12.0 Å². The zero-order valence-electron chi connectivity index (χ0n) is 9.24. The van der Waals surface area contributed by atoms with Gasteiger partial charge >= 0.3 is 0 Å². The summed E-state index contributed by atoms with van der Waals surface area (Å²) in [6.07, 6.45) is 1.46. The van der Waals surface area contributed by atoms with E-state index >= 15 is 0 Å². The highest BCUT2D eigenvalue weighted by atomic mass is 32.2. The molecule has 0 bridgehead atoms. The average molecular weight is 245 g/mol. The van der Waals surface area contributed by atoms with Gasteiger partial charge < -0.3 is 5.73 Å². The second-order valence-electron chi connectivity index (χ2n) is 3.84. The molecule has 0 aliphatic heterocycles. The summed E-state index contributed by atoms with van der Waals surface area (Å²) >= 11 is 0. The molecule has 2 N–H and O–H groups in total. The van der Waals surface area contributed by atoms with Crippen LogP contribution in [0.25, 0.3) is 0 Å². The monoisotopic (exact) mass is 245 g/mol. The van der Waals surface area contributed by atoms with E-state index in [1.165, 1.54) is 18.2 Å². The molecule has 3 nitrogen and oxygen atoms in total. The van der Waals surface area contributed by atoms with Gasteiger partial charge in [-0.3, -0.25) is 0 Å². The number of unbranched alkanes of at least 4 members (excludes halogenated alkanes) is 1. The van der Waals surface area contributed by atoms with Crippen LogP contribution in [0.2, 0.25) is 0 Å². The fourth-order valence-electron chi connectivity index (χ4n) is 1.45. The normalized spacial score (nSPS) is 11.6. The quantitative estimate of drug-likeness (QED) is 0.808. The summed E-state index contributed by atoms with van der Waals surface area (Å²) in [5.41, 5.74) is 6.10. The molecule has 0 atom stereocenters. The van der Waals surface area contributed by atoms with Crippen molar-refractivity contribution in [1.82, 2.24) is 0 Å². The summed E-state index contributed by atoms with van der Waals surface area (Å²) in [4.78, 5) is 0. The van der Waals surface area contributed by atoms with E-state index in [1.807, 2.05) is 6.92 Å². The molecule has 0 heterocycles. The molecule has 0 unspecified atom stereocenters. The van der Waals surface area contributed by atoms with Crippen molar-refractivity contribution in [3.05, 3.63) is 29.6 Å². The number of anilines is 1. The summed E-state index contributed by atoms with van der Waals surface area (Å²) in [7, 11) is -3.15. The molecular weight excluding hydrogens is 229 g/mol. The lowest BCUT2D eigenvalue weighted by Gasteiger charge is -2.05. The van der Waals surface area contributed by atoms with Gasteiger partial charge in [0.15, 0.2) is 9.84 Å². The van der Waals surface area contributed by atoms with Crippen LogP contribution in [0.3, 0.4) is 0 Å². The first-order valence-electron chi connectivity index (χ1n) is 5.18. The number of rotatable bonds is 5. The second-order valence-corrected chi connectivity index (χ2v) is 6.02. The molecular formula is C11H16FNO2S. The van der Waals surface area contributed by atoms with Crippen LogP contribution in [-0.4, -0.2) is 14.2 Å². The Balaban J connectivity index is 2.80. The van der Waals surface area contributed by atoms with Crippen LogP contribution in [0.5, 0.6) is 0 Å². The SMILES string of the molecule is CCCCS(=O)(=O)Cc1cc(N)cc(F)c1. The summed E-state index contributed by atoms with van der Waals surface area (Å²) < 4.78 is 36.2. The van der Waals surface area contributed by atoms with E-state index in [2.05, 4.69) is 0 Å². The molecule has 16 heavy (non-hydrogen) atoms. The van der Waals surface area contributed by atoms with Crippen molar-refractivity contribution in [2.45, 2.75) is 25.5 Å². The van der Waals surface area contributed by atoms with E-state index in [4.69, 9.17) is 5.73 Å². The fourth-order valence-corrected chi connectivity index (χ4v) is 3.00. The molecule has 0 aromatic heterocycles. The van der Waals surface area contributed by atoms with Crippen LogP contribution in [-0.2, 0) is 15.6 Å². The maximum absolute atomic E-state index is 13.0. The summed E-state index contributed by atoms with van der Waals surface area (Å²) in [6, 6.07) is 3.87. The van der Waals surface area contributed by atoms with Crippen LogP contribution in [0.15, 0.2) is 18.2 Å². The van der Waals surface area contributed by atoms with Gasteiger partial charge in [-0.05, 0) is 30.2 Å². The summed E-state index contributed by atoms with van der Waals surface area (Å²) in [6.45, 7) is 1.93. The Kier molecular flexibility index (Phi) is 4.29. The Morgan fingerprint density at radius 1 is 1.31 bits per heavy atom. The zero-order valence-corrected chi connectivity index (χ0v) is 10.1. The number of hydrogen-bond donors (Lipinski definition) is 1. The van der Waals surface area contributed by atoms with Crippen molar-refractivity contribution in [1.29, 1.82) is 0 Å². The Labute approximate surface area is 95.4 Å². The highest BCUT2D eigenvalue weighted by molar-refractivity contribution is 7.90. The largest absolute Gasteiger partial charge is 0.399 e. The topological polar surface area (TPSA) is 60.2 Å². The van der Waals surface area contributed by atoms with Gasteiger partial charge in [-0.25, -0.2) is 12.8 Å². The number of nitrogen functional groups attached to an aromatic ring is 1. The molecule has 0 aliphatic carbocycles. The van der Waals surface area contributed by atoms with E-state index in [9.17, 15) is 12.8 Å². The Bertz CT molecular complexity index is 437. The standard InChI is InChI=1S/C11H16FNO2S/c1-2-3-4-16(14,15)8-9-5-10(12)7-11(13)6-9/h5-7H,2-4,8,13H2,1H3. The van der Waals surface area contributed by atoms with Crippen LogP contribution < -0.4 is 5.73 Å². The van der Waals surface area contributed by atoms with Gasteiger partial charge in [0.1, 0.15) is 5.82 Å². The van der Waals surface area contributed by atoms with Crippen molar-refractivity contribution in [2.24, 2.45) is 0 Å². The number of sulfone groups is 1. The first-order chi connectivity index (χ1) is 7.43. The van der Waals surface area contributed by atoms with Crippen LogP contribution >= 0.6 is 0 Å². The minimum absolute atomic E-state index is 0.139. The molecule has 0 saturated carbocycles. The van der Waals surface area contributed by atoms with Gasteiger partial charge in [-0.15, -0.1) is 0 Å². The first-order valence-corrected chi connectivity index (χ1v) is 7.00. The molecule has 0 radical (unpaired) electrons. The molecule has 0 fully saturated rings. The highest BCUT2D eigenvalue weighted by Crippen LogP contribution is 2.14. The third-order valence-corrected chi connectivity index (χ3v) is 3.86. The minimum Gasteiger partial charge on any atom is -0.399 e. The van der Waals surface area contributed by atoms with E-state index < -0.39 is 15.7 Å². The maximum Gasteiger partial charge on any atom is 0.154 e. The third-order valence-electron chi connectivity index (χ3n) is 2.18. The van der Waals surface area contributed by atoms with Crippen LogP contribution in [0.4, 0.5) is 10.1 Å². The van der Waals surface area contributed by atoms with E-state index in [0.717, 1.165) is 6.42 Å². The molecule has 1 aromatic carbocycles. The predicted octanol–water partition coefficient (Wildman–Crippen LogP) is 2.12. The molecule has 1 aromatic rings. The molecule has 90 valence electrons. The maximum atomic E-state index is 13.0. The number of benzene rings is 1. The second kappa shape index (κ2) is 5.30. The smallest absolute Gasteiger partial charge is 0.154 e. The zero-order chi connectivity index (χ0) is 12.2. The first kappa shape index (κ1) is 13.0. The fraction of sp³-hybridized carbons (Fsp3) is 0.455. The molecule has 5 heteroatoms. The minimum atomic E-state index is -3.15. The Morgan fingerprint density at radius 3 is 2.56 bits per heavy atom. The van der Waals surface area contributed by atoms with E-state index in [-0.39, 0.29) is 17.2 Å².